The van der Waals surface area contributed by atoms with Crippen molar-refractivity contribution >= 4 is 15.9 Å². The summed E-state index contributed by atoms with van der Waals surface area (Å²) in [5.74, 6) is -0.454. The van der Waals surface area contributed by atoms with Crippen molar-refractivity contribution in [1.29, 1.82) is 0 Å². The molecule has 156 valence electrons. The molecule has 0 aromatic heterocycles. The first-order chi connectivity index (χ1) is 13.8. The van der Waals surface area contributed by atoms with E-state index < -0.39 is 15.8 Å². The van der Waals surface area contributed by atoms with Crippen LogP contribution in [0.25, 0.3) is 0 Å². The van der Waals surface area contributed by atoms with Crippen molar-refractivity contribution in [1.82, 2.24) is 9.21 Å². The van der Waals surface area contributed by atoms with Crippen molar-refractivity contribution in [2.45, 2.75) is 18.4 Å². The second kappa shape index (κ2) is 9.02. The van der Waals surface area contributed by atoms with Gasteiger partial charge < -0.3 is 9.80 Å². The van der Waals surface area contributed by atoms with E-state index in [4.69, 9.17) is 0 Å². The summed E-state index contributed by atoms with van der Waals surface area (Å²) in [6.07, 6.45) is 0. The van der Waals surface area contributed by atoms with Crippen LogP contribution in [-0.2, 0) is 21.4 Å². The third-order valence-corrected chi connectivity index (χ3v) is 7.04. The number of carbonyl (C=O) groups excluding carboxylic acids is 1. The number of amides is 1. The molecule has 1 fully saturated rings. The number of nitrogens with one attached hydrogen (secondary N) is 1. The molecule has 1 aliphatic rings. The van der Waals surface area contributed by atoms with E-state index in [2.05, 4.69) is 24.3 Å². The zero-order valence-corrected chi connectivity index (χ0v) is 17.6. The van der Waals surface area contributed by atoms with Crippen molar-refractivity contribution in [3.05, 3.63) is 65.5 Å². The van der Waals surface area contributed by atoms with E-state index >= 15 is 0 Å². The molecule has 2 aromatic carbocycles. The van der Waals surface area contributed by atoms with Crippen molar-refractivity contribution < 1.29 is 22.5 Å². The Morgan fingerprint density at radius 3 is 2.17 bits per heavy atom. The molecule has 1 saturated heterocycles. The number of sulfonamides is 1. The minimum Gasteiger partial charge on any atom is -0.335 e. The Labute approximate surface area is 171 Å². The highest BCUT2D eigenvalue weighted by atomic mass is 32.2. The number of hydrogen-bond donors (Lipinski definition) is 1. The summed E-state index contributed by atoms with van der Waals surface area (Å²) in [5, 5.41) is 0. The molecule has 0 radical (unpaired) electrons. The highest BCUT2D eigenvalue weighted by Gasteiger charge is 2.30. The molecule has 8 heteroatoms. The van der Waals surface area contributed by atoms with E-state index in [0.29, 0.717) is 19.6 Å². The number of likely N-dealkylation sites (N-methyl/N-ethyl adjacent to an activating group) is 1. The fraction of sp³-hybridized carbons (Fsp3) is 0.381. The molecule has 0 aliphatic carbocycles. The quantitative estimate of drug-likeness (QED) is 0.748. The number of rotatable bonds is 6. The molecule has 6 nitrogen and oxygen atoms in total. The van der Waals surface area contributed by atoms with E-state index in [1.165, 1.54) is 27.6 Å². The van der Waals surface area contributed by atoms with Gasteiger partial charge in [-0.25, -0.2) is 12.8 Å². The van der Waals surface area contributed by atoms with E-state index in [9.17, 15) is 17.6 Å². The van der Waals surface area contributed by atoms with Crippen molar-refractivity contribution in [2.24, 2.45) is 0 Å². The second-order valence-corrected chi connectivity index (χ2v) is 9.47. The lowest BCUT2D eigenvalue weighted by atomic mass is 10.1. The lowest BCUT2D eigenvalue weighted by Crippen LogP contribution is -3.09. The van der Waals surface area contributed by atoms with Gasteiger partial charge in [-0.1, -0.05) is 29.8 Å². The van der Waals surface area contributed by atoms with Gasteiger partial charge in [-0.15, -0.1) is 0 Å². The summed E-state index contributed by atoms with van der Waals surface area (Å²) >= 11 is 0. The van der Waals surface area contributed by atoms with E-state index in [1.54, 1.807) is 4.90 Å². The predicted octanol–water partition coefficient (Wildman–Crippen LogP) is 0.682. The number of aryl methyl sites for hydroxylation is 1. The fourth-order valence-electron chi connectivity index (χ4n) is 3.42. The smallest absolute Gasteiger partial charge is 0.277 e. The third-order valence-electron chi connectivity index (χ3n) is 5.12. The van der Waals surface area contributed by atoms with Gasteiger partial charge >= 0.3 is 0 Å². The molecule has 1 aliphatic heterocycles. The van der Waals surface area contributed by atoms with Crippen molar-refractivity contribution in [3.63, 3.8) is 0 Å². The number of piperazine rings is 1. The summed E-state index contributed by atoms with van der Waals surface area (Å²) in [4.78, 5) is 15.5. The van der Waals surface area contributed by atoms with E-state index in [1.807, 2.05) is 14.0 Å². The molecule has 29 heavy (non-hydrogen) atoms. The summed E-state index contributed by atoms with van der Waals surface area (Å²) < 4.78 is 39.8. The Bertz CT molecular complexity index is 938. The fourth-order valence-corrected chi connectivity index (χ4v) is 4.84. The standard InChI is InChI=1S/C21H26FN3O3S/c1-17-3-5-18(6-4-17)15-23(2)16-21(26)24-11-13-25(14-12-24)29(27,28)20-9-7-19(22)8-10-20/h3-10H,11-16H2,1-2H3/p+1. The average Bonchev–Trinajstić information content (AvgIpc) is 2.70. The number of carbonyl (C=O) groups is 1. The van der Waals surface area contributed by atoms with Gasteiger partial charge in [0.05, 0.1) is 11.9 Å². The first-order valence-corrected chi connectivity index (χ1v) is 11.1. The van der Waals surface area contributed by atoms with Gasteiger partial charge in [0.25, 0.3) is 5.91 Å². The van der Waals surface area contributed by atoms with Crippen LogP contribution in [-0.4, -0.2) is 63.3 Å². The van der Waals surface area contributed by atoms with Crippen LogP contribution in [0.1, 0.15) is 11.1 Å². The van der Waals surface area contributed by atoms with Crippen LogP contribution >= 0.6 is 0 Å². The molecule has 1 unspecified atom stereocenters. The molecular formula is C21H27FN3O3S+. The van der Waals surface area contributed by atoms with Gasteiger partial charge in [0.2, 0.25) is 10.0 Å². The zero-order chi connectivity index (χ0) is 21.0. The average molecular weight is 421 g/mol. The zero-order valence-electron chi connectivity index (χ0n) is 16.8. The molecule has 2 aromatic rings. The summed E-state index contributed by atoms with van der Waals surface area (Å²) in [6, 6.07) is 13.1. The van der Waals surface area contributed by atoms with Crippen LogP contribution in [0.3, 0.4) is 0 Å². The molecule has 0 saturated carbocycles. The van der Waals surface area contributed by atoms with Gasteiger partial charge in [0.1, 0.15) is 12.4 Å². The molecule has 1 heterocycles. The molecular weight excluding hydrogens is 393 g/mol. The Hall–Kier alpha value is -2.29. The third kappa shape index (κ3) is 5.41. The minimum atomic E-state index is -3.67. The summed E-state index contributed by atoms with van der Waals surface area (Å²) in [6.45, 7) is 4.35. The Kier molecular flexibility index (Phi) is 6.66. The molecule has 1 atom stereocenters. The predicted molar refractivity (Wildman–Crippen MR) is 108 cm³/mol. The monoisotopic (exact) mass is 420 g/mol. The van der Waals surface area contributed by atoms with Crippen LogP contribution < -0.4 is 4.90 Å². The maximum atomic E-state index is 13.1. The highest BCUT2D eigenvalue weighted by Crippen LogP contribution is 2.18. The molecule has 0 bridgehead atoms. The second-order valence-electron chi connectivity index (χ2n) is 7.54. The lowest BCUT2D eigenvalue weighted by Gasteiger charge is -2.34. The summed E-state index contributed by atoms with van der Waals surface area (Å²) in [5.41, 5.74) is 2.38. The SMILES string of the molecule is Cc1ccc(C[NH+](C)CC(=O)N2CCN(S(=O)(=O)c3ccc(F)cc3)CC2)cc1. The molecule has 3 rings (SSSR count). The molecule has 1 N–H and O–H groups in total. The number of quaternary nitrogens is 1. The van der Waals surface area contributed by atoms with Crippen molar-refractivity contribution in [2.75, 3.05) is 39.8 Å². The highest BCUT2D eigenvalue weighted by molar-refractivity contribution is 7.89. The van der Waals surface area contributed by atoms with E-state index in [0.717, 1.165) is 23.6 Å². The van der Waals surface area contributed by atoms with Crippen LogP contribution in [0.15, 0.2) is 53.4 Å². The number of hydrogen-bond acceptors (Lipinski definition) is 3. The van der Waals surface area contributed by atoms with Crippen LogP contribution in [0.4, 0.5) is 4.39 Å². The Balaban J connectivity index is 1.52. The molecule has 0 spiro atoms. The van der Waals surface area contributed by atoms with Crippen LogP contribution in [0, 0.1) is 12.7 Å². The van der Waals surface area contributed by atoms with Gasteiger partial charge in [-0.05, 0) is 31.2 Å². The normalized spacial score (nSPS) is 16.6. The van der Waals surface area contributed by atoms with Crippen molar-refractivity contribution in [3.8, 4) is 0 Å². The van der Waals surface area contributed by atoms with Crippen LogP contribution in [0.5, 0.6) is 0 Å². The van der Waals surface area contributed by atoms with Gasteiger partial charge in [0.15, 0.2) is 6.54 Å². The first-order valence-electron chi connectivity index (χ1n) is 9.66. The Morgan fingerprint density at radius 2 is 1.59 bits per heavy atom. The minimum absolute atomic E-state index is 0.0217. The van der Waals surface area contributed by atoms with Crippen LogP contribution in [0.2, 0.25) is 0 Å². The largest absolute Gasteiger partial charge is 0.335 e. The number of nitrogens with zero attached hydrogens (tertiary/aromatic N) is 2. The maximum Gasteiger partial charge on any atom is 0.277 e. The first kappa shape index (κ1) is 21.4. The maximum absolute atomic E-state index is 13.1. The number of benzene rings is 2. The lowest BCUT2D eigenvalue weighted by molar-refractivity contribution is -0.885. The Morgan fingerprint density at radius 1 is 1.00 bits per heavy atom. The van der Waals surface area contributed by atoms with Gasteiger partial charge in [0, 0.05) is 31.7 Å². The summed E-state index contributed by atoms with van der Waals surface area (Å²) in [7, 11) is -1.69. The topological polar surface area (TPSA) is 62.1 Å². The van der Waals surface area contributed by atoms with Gasteiger partial charge in [-0.2, -0.15) is 4.31 Å². The van der Waals surface area contributed by atoms with Gasteiger partial charge in [-0.3, -0.25) is 4.79 Å². The van der Waals surface area contributed by atoms with E-state index in [-0.39, 0.29) is 23.9 Å². The number of halogens is 1. The molecule has 1 amide bonds.